The summed E-state index contributed by atoms with van der Waals surface area (Å²) < 4.78 is 5.28. The Morgan fingerprint density at radius 2 is 2.11 bits per heavy atom. The van der Waals surface area contributed by atoms with Gasteiger partial charge >= 0.3 is 11.9 Å². The van der Waals surface area contributed by atoms with Crippen LogP contribution < -0.4 is 16.8 Å². The molecule has 2 heterocycles. The molecule has 1 fully saturated rings. The Balaban J connectivity index is 2.08. The highest BCUT2D eigenvalue weighted by molar-refractivity contribution is 8.00. The van der Waals surface area contributed by atoms with Crippen LogP contribution in [0, 0.1) is 0 Å². The first-order chi connectivity index (χ1) is 12.7. The zero-order valence-electron chi connectivity index (χ0n) is 14.6. The van der Waals surface area contributed by atoms with Crippen LogP contribution in [0.15, 0.2) is 11.3 Å². The molecular formula is C15H22N4O7S. The van der Waals surface area contributed by atoms with E-state index in [0.717, 1.165) is 4.90 Å². The number of thioether (sulfide) groups is 1. The van der Waals surface area contributed by atoms with Gasteiger partial charge in [-0.05, 0) is 18.4 Å². The third kappa shape index (κ3) is 3.78. The summed E-state index contributed by atoms with van der Waals surface area (Å²) in [5.41, 5.74) is 9.52. The van der Waals surface area contributed by atoms with Crippen LogP contribution in [0.2, 0.25) is 0 Å². The molecule has 150 valence electrons. The van der Waals surface area contributed by atoms with Gasteiger partial charge in [0.1, 0.15) is 17.1 Å². The third-order valence-electron chi connectivity index (χ3n) is 4.44. The van der Waals surface area contributed by atoms with Crippen molar-refractivity contribution in [3.8, 4) is 0 Å². The van der Waals surface area contributed by atoms with E-state index < -0.39 is 40.9 Å². The molecule has 7 N–H and O–H groups in total. The Morgan fingerprint density at radius 1 is 1.44 bits per heavy atom. The van der Waals surface area contributed by atoms with Gasteiger partial charge in [-0.2, -0.15) is 0 Å². The first-order valence-corrected chi connectivity index (χ1v) is 9.19. The van der Waals surface area contributed by atoms with Crippen LogP contribution in [0.1, 0.15) is 19.3 Å². The van der Waals surface area contributed by atoms with Crippen LogP contribution in [-0.4, -0.2) is 75.4 Å². The highest BCUT2D eigenvalue weighted by Crippen LogP contribution is 2.46. The number of hydrogen-bond donors (Lipinski definition) is 5. The number of hydrogen-bond acceptors (Lipinski definition) is 8. The van der Waals surface area contributed by atoms with E-state index in [1.165, 1.54) is 18.9 Å². The molecular weight excluding hydrogens is 380 g/mol. The van der Waals surface area contributed by atoms with Crippen LogP contribution in [0.4, 0.5) is 0 Å². The Hall–Kier alpha value is -2.15. The highest BCUT2D eigenvalue weighted by atomic mass is 32.2. The minimum atomic E-state index is -1.67. The van der Waals surface area contributed by atoms with Crippen molar-refractivity contribution in [1.82, 2.24) is 10.2 Å². The summed E-state index contributed by atoms with van der Waals surface area (Å²) in [5, 5.41) is 19.9. The smallest absolute Gasteiger partial charge is 0.352 e. The molecule has 12 heteroatoms. The molecule has 0 aromatic rings. The molecule has 1 saturated heterocycles. The number of fused-ring (bicyclic) bond motifs is 1. The maximum Gasteiger partial charge on any atom is 0.352 e. The number of amides is 2. The van der Waals surface area contributed by atoms with Crippen molar-refractivity contribution in [1.29, 1.82) is 0 Å². The van der Waals surface area contributed by atoms with Crippen molar-refractivity contribution >= 4 is 35.5 Å². The SMILES string of the molecule is CO[C@@]1(NC(=O)CCCC(N)C(=O)O)C(=O)N2C(C(=O)O)=C(CN)CS[C@H]21. The van der Waals surface area contributed by atoms with Crippen LogP contribution in [0.5, 0.6) is 0 Å². The molecule has 2 aliphatic rings. The molecule has 11 nitrogen and oxygen atoms in total. The highest BCUT2D eigenvalue weighted by Gasteiger charge is 2.66. The topological polar surface area (TPSA) is 185 Å². The molecule has 2 amide bonds. The van der Waals surface area contributed by atoms with E-state index in [0.29, 0.717) is 11.3 Å². The Kier molecular flexibility index (Phi) is 6.46. The van der Waals surface area contributed by atoms with Crippen molar-refractivity contribution in [3.63, 3.8) is 0 Å². The summed E-state index contributed by atoms with van der Waals surface area (Å²) in [6, 6.07) is -1.07. The second-order valence-corrected chi connectivity index (χ2v) is 7.19. The van der Waals surface area contributed by atoms with Crippen LogP contribution in [0.25, 0.3) is 0 Å². The van der Waals surface area contributed by atoms with Gasteiger partial charge in [-0.25, -0.2) is 4.79 Å². The largest absolute Gasteiger partial charge is 0.480 e. The van der Waals surface area contributed by atoms with Crippen LogP contribution >= 0.6 is 11.8 Å². The molecule has 0 spiro atoms. The lowest BCUT2D eigenvalue weighted by atomic mass is 9.97. The number of rotatable bonds is 9. The number of nitrogens with zero attached hydrogens (tertiary/aromatic N) is 1. The van der Waals surface area contributed by atoms with Gasteiger partial charge in [0.25, 0.3) is 11.6 Å². The molecule has 1 unspecified atom stereocenters. The lowest BCUT2D eigenvalue weighted by Crippen LogP contribution is -2.80. The molecule has 0 aliphatic carbocycles. The molecule has 3 atom stereocenters. The number of nitrogens with one attached hydrogen (secondary N) is 1. The Labute approximate surface area is 159 Å². The van der Waals surface area contributed by atoms with Gasteiger partial charge in [-0.15, -0.1) is 11.8 Å². The average Bonchev–Trinajstić information content (AvgIpc) is 2.63. The Bertz CT molecular complexity index is 698. The van der Waals surface area contributed by atoms with Gasteiger partial charge < -0.3 is 31.7 Å². The van der Waals surface area contributed by atoms with E-state index in [1.54, 1.807) is 0 Å². The molecule has 0 radical (unpaired) electrons. The van der Waals surface area contributed by atoms with Gasteiger partial charge in [0.05, 0.1) is 0 Å². The maximum atomic E-state index is 12.7. The minimum absolute atomic E-state index is 0.00130. The lowest BCUT2D eigenvalue weighted by molar-refractivity contribution is -0.192. The zero-order chi connectivity index (χ0) is 20.4. The first-order valence-electron chi connectivity index (χ1n) is 8.14. The minimum Gasteiger partial charge on any atom is -0.480 e. The quantitative estimate of drug-likeness (QED) is 0.218. The predicted molar refractivity (Wildman–Crippen MR) is 94.2 cm³/mol. The monoisotopic (exact) mass is 402 g/mol. The van der Waals surface area contributed by atoms with E-state index in [9.17, 15) is 24.3 Å². The fourth-order valence-corrected chi connectivity index (χ4v) is 4.43. The van der Waals surface area contributed by atoms with Crippen molar-refractivity contribution in [2.24, 2.45) is 11.5 Å². The van der Waals surface area contributed by atoms with Crippen LogP contribution in [-0.2, 0) is 23.9 Å². The number of ether oxygens (including phenoxy) is 1. The van der Waals surface area contributed by atoms with E-state index in [-0.39, 0.29) is 31.5 Å². The number of β-lactam (4-membered cyclic amide) rings is 1. The summed E-state index contributed by atoms with van der Waals surface area (Å²) >= 11 is 1.24. The van der Waals surface area contributed by atoms with E-state index in [2.05, 4.69) is 5.32 Å². The standard InChI is InChI=1S/C15H22N4O7S/c1-26-15(18-9(20)4-2-3-8(17)11(21)22)13(25)19-10(12(23)24)7(5-16)6-27-14(15)19/h8,14H,2-6,16-17H2,1H3,(H,18,20)(H,21,22)(H,23,24)/t8?,14-,15-/m0/s1. The molecule has 0 bridgehead atoms. The fraction of sp³-hybridized carbons (Fsp3) is 0.600. The summed E-state index contributed by atoms with van der Waals surface area (Å²) in [4.78, 5) is 48.2. The van der Waals surface area contributed by atoms with Crippen molar-refractivity contribution < 1.29 is 34.1 Å². The molecule has 2 rings (SSSR count). The summed E-state index contributed by atoms with van der Waals surface area (Å²) in [5.74, 6) is -3.35. The van der Waals surface area contributed by atoms with E-state index in [1.807, 2.05) is 0 Å². The van der Waals surface area contributed by atoms with Gasteiger partial charge in [0.2, 0.25) is 5.91 Å². The fourth-order valence-electron chi connectivity index (χ4n) is 2.98. The molecule has 0 aromatic carbocycles. The number of carboxylic acid groups (broad SMARTS) is 2. The van der Waals surface area contributed by atoms with Gasteiger partial charge in [-0.3, -0.25) is 19.3 Å². The predicted octanol–water partition coefficient (Wildman–Crippen LogP) is -1.76. The second-order valence-electron chi connectivity index (χ2n) is 6.12. The van der Waals surface area contributed by atoms with E-state index >= 15 is 0 Å². The normalized spacial score (nSPS) is 25.5. The number of carbonyl (C=O) groups is 4. The summed E-state index contributed by atoms with van der Waals surface area (Å²) in [6.07, 6.45) is 0.269. The molecule has 0 saturated carbocycles. The van der Waals surface area contributed by atoms with E-state index in [4.69, 9.17) is 21.3 Å². The van der Waals surface area contributed by atoms with Crippen LogP contribution in [0.3, 0.4) is 0 Å². The second kappa shape index (κ2) is 8.25. The third-order valence-corrected chi connectivity index (χ3v) is 5.82. The molecule has 2 aliphatic heterocycles. The summed E-state index contributed by atoms with van der Waals surface area (Å²) in [6.45, 7) is 0.00130. The van der Waals surface area contributed by atoms with Gasteiger partial charge in [0, 0.05) is 25.8 Å². The van der Waals surface area contributed by atoms with Crippen molar-refractivity contribution in [3.05, 3.63) is 11.3 Å². The molecule has 27 heavy (non-hydrogen) atoms. The number of carboxylic acids is 2. The number of aliphatic carboxylic acids is 2. The van der Waals surface area contributed by atoms with Gasteiger partial charge in [-0.1, -0.05) is 0 Å². The lowest BCUT2D eigenvalue weighted by Gasteiger charge is -2.55. The van der Waals surface area contributed by atoms with Crippen molar-refractivity contribution in [2.75, 3.05) is 19.4 Å². The molecule has 0 aromatic heterocycles. The summed E-state index contributed by atoms with van der Waals surface area (Å²) in [7, 11) is 1.25. The zero-order valence-corrected chi connectivity index (χ0v) is 15.5. The number of carbonyl (C=O) groups excluding carboxylic acids is 2. The van der Waals surface area contributed by atoms with Crippen molar-refractivity contribution in [2.45, 2.75) is 36.4 Å². The first kappa shape index (κ1) is 21.2. The number of nitrogens with two attached hydrogens (primary N) is 2. The maximum absolute atomic E-state index is 12.7. The average molecular weight is 402 g/mol. The van der Waals surface area contributed by atoms with Gasteiger partial charge in [0.15, 0.2) is 0 Å². The Morgan fingerprint density at radius 3 is 2.63 bits per heavy atom. The number of methoxy groups -OCH3 is 1.